The molecule has 0 fully saturated rings. The van der Waals surface area contributed by atoms with Crippen LogP contribution in [0.5, 0.6) is 0 Å². The molecule has 6 heteroatoms. The molecule has 5 nitrogen and oxygen atoms in total. The second-order valence-electron chi connectivity index (χ2n) is 3.83. The van der Waals surface area contributed by atoms with Gasteiger partial charge in [0.1, 0.15) is 11.8 Å². The van der Waals surface area contributed by atoms with Crippen molar-refractivity contribution in [1.82, 2.24) is 24.4 Å². The predicted octanol–water partition coefficient (Wildman–Crippen LogP) is -2.45. The number of nitrogens with zero attached hydrogens (tertiary/aromatic N) is 4. The summed E-state index contributed by atoms with van der Waals surface area (Å²) in [5.41, 5.74) is 1.60. The van der Waals surface area contributed by atoms with Gasteiger partial charge in [0.15, 0.2) is 5.65 Å². The number of halogens is 1. The fraction of sp³-hybridized carbons (Fsp3) is 0.375. The Balaban J connectivity index is 0.000000980. The van der Waals surface area contributed by atoms with Gasteiger partial charge in [0.25, 0.3) is 0 Å². The Hall–Kier alpha value is -1.20. The summed E-state index contributed by atoms with van der Waals surface area (Å²) in [5.74, 6) is 0.885. The highest BCUT2D eigenvalue weighted by Crippen LogP contribution is 2.15. The molecule has 0 spiro atoms. The molecule has 0 atom stereocenters. The largest absolute Gasteiger partial charge is 1.00 e. The molecule has 1 N–H and O–H groups in total. The molecule has 0 aliphatic carbocycles. The molecule has 14 heavy (non-hydrogen) atoms. The number of H-pyrrole nitrogens is 1. The summed E-state index contributed by atoms with van der Waals surface area (Å²) >= 11 is 0. The molecule has 0 bridgehead atoms. The van der Waals surface area contributed by atoms with Crippen molar-refractivity contribution in [2.75, 3.05) is 21.1 Å². The molecule has 0 unspecified atom stereocenters. The highest BCUT2D eigenvalue weighted by atomic mass is 35.5. The molecule has 0 aliphatic heterocycles. The first-order valence-electron chi connectivity index (χ1n) is 4.05. The molecule has 0 amide bonds. The number of fused-ring (bicyclic) bond motifs is 1. The topological polar surface area (TPSA) is 54.5 Å². The molecule has 0 aliphatic rings. The van der Waals surface area contributed by atoms with Crippen molar-refractivity contribution in [3.63, 3.8) is 0 Å². The first kappa shape index (κ1) is 10.9. The first-order valence-corrected chi connectivity index (χ1v) is 4.05. The van der Waals surface area contributed by atoms with Gasteiger partial charge in [-0.15, -0.1) is 0 Å². The number of quaternary nitrogens is 1. The smallest absolute Gasteiger partial charge is 0.308 e. The molecule has 76 valence electrons. The Morgan fingerprint density at radius 1 is 1.29 bits per heavy atom. The van der Waals surface area contributed by atoms with E-state index in [1.165, 1.54) is 6.33 Å². The minimum Gasteiger partial charge on any atom is -1.00 e. The van der Waals surface area contributed by atoms with Crippen molar-refractivity contribution in [2.24, 2.45) is 0 Å². The maximum absolute atomic E-state index is 4.35. The zero-order valence-corrected chi connectivity index (χ0v) is 9.08. The standard InChI is InChI=1S/C8H12N5.ClH/c1-13(2,3)8-11-6-4-9-5-10-7(6)12-8;/h4-5H,1-3H3,(H,9,10,11,12);1H/q+1;/p-1. The highest BCUT2D eigenvalue weighted by Gasteiger charge is 2.17. The lowest BCUT2D eigenvalue weighted by atomic mass is 10.6. The van der Waals surface area contributed by atoms with Crippen LogP contribution in [-0.2, 0) is 0 Å². The zero-order chi connectivity index (χ0) is 9.47. The molecule has 2 aromatic heterocycles. The van der Waals surface area contributed by atoms with Gasteiger partial charge in [-0.1, -0.05) is 0 Å². The van der Waals surface area contributed by atoms with Gasteiger partial charge in [0, 0.05) is 0 Å². The molecular formula is C8H12ClN5. The van der Waals surface area contributed by atoms with E-state index in [1.807, 2.05) is 21.1 Å². The molecule has 2 aromatic rings. The minimum atomic E-state index is 0. The summed E-state index contributed by atoms with van der Waals surface area (Å²) in [4.78, 5) is 15.5. The van der Waals surface area contributed by atoms with Crippen LogP contribution in [0.1, 0.15) is 0 Å². The maximum Gasteiger partial charge on any atom is 0.308 e. The predicted molar refractivity (Wildman–Crippen MR) is 51.2 cm³/mol. The lowest BCUT2D eigenvalue weighted by Gasteiger charge is -2.18. The Morgan fingerprint density at radius 3 is 2.57 bits per heavy atom. The van der Waals surface area contributed by atoms with Crippen molar-refractivity contribution < 1.29 is 12.4 Å². The number of hydrogen-bond acceptors (Lipinski definition) is 3. The van der Waals surface area contributed by atoms with Crippen LogP contribution in [0.25, 0.3) is 11.2 Å². The third-order valence-electron chi connectivity index (χ3n) is 1.78. The molecule has 2 rings (SSSR count). The first-order chi connectivity index (χ1) is 6.07. The maximum atomic E-state index is 4.35. The summed E-state index contributed by atoms with van der Waals surface area (Å²) in [6, 6.07) is 0. The van der Waals surface area contributed by atoms with E-state index in [0.29, 0.717) is 4.48 Å². The van der Waals surface area contributed by atoms with Crippen molar-refractivity contribution in [3.8, 4) is 0 Å². The number of aromatic nitrogens is 4. The van der Waals surface area contributed by atoms with Crippen LogP contribution in [0.4, 0.5) is 5.95 Å². The van der Waals surface area contributed by atoms with E-state index in [0.717, 1.165) is 17.1 Å². The second kappa shape index (κ2) is 3.51. The lowest BCUT2D eigenvalue weighted by Crippen LogP contribution is -3.00. The SMILES string of the molecule is C[N+](C)(C)c1nc2ncncc2[nH]1.[Cl-]. The van der Waals surface area contributed by atoms with Crippen LogP contribution in [0, 0.1) is 0 Å². The van der Waals surface area contributed by atoms with E-state index < -0.39 is 0 Å². The van der Waals surface area contributed by atoms with E-state index >= 15 is 0 Å². The van der Waals surface area contributed by atoms with Gasteiger partial charge >= 0.3 is 5.95 Å². The summed E-state index contributed by atoms with van der Waals surface area (Å²) in [5, 5.41) is 0. The average Bonchev–Trinajstić information content (AvgIpc) is 2.45. The normalized spacial score (nSPS) is 11.4. The third kappa shape index (κ3) is 1.83. The van der Waals surface area contributed by atoms with Crippen LogP contribution in [0.2, 0.25) is 0 Å². The van der Waals surface area contributed by atoms with E-state index in [2.05, 4.69) is 19.9 Å². The number of imidazole rings is 1. The van der Waals surface area contributed by atoms with Gasteiger partial charge in [0.2, 0.25) is 0 Å². The third-order valence-corrected chi connectivity index (χ3v) is 1.78. The molecular weight excluding hydrogens is 202 g/mol. The number of hydrogen-bond donors (Lipinski definition) is 1. The van der Waals surface area contributed by atoms with Gasteiger partial charge < -0.3 is 12.4 Å². The van der Waals surface area contributed by atoms with Gasteiger partial charge in [-0.3, -0.25) is 9.47 Å². The minimum absolute atomic E-state index is 0. The fourth-order valence-electron chi connectivity index (χ4n) is 1.07. The fourth-order valence-corrected chi connectivity index (χ4v) is 1.07. The van der Waals surface area contributed by atoms with Gasteiger partial charge in [-0.05, 0) is 0 Å². The van der Waals surface area contributed by atoms with Crippen LogP contribution in [0.15, 0.2) is 12.5 Å². The molecule has 2 heterocycles. The molecule has 0 aromatic carbocycles. The Bertz CT molecular complexity index is 397. The second-order valence-corrected chi connectivity index (χ2v) is 3.83. The van der Waals surface area contributed by atoms with Crippen LogP contribution < -0.4 is 16.9 Å². The van der Waals surface area contributed by atoms with E-state index in [1.54, 1.807) is 6.20 Å². The van der Waals surface area contributed by atoms with E-state index in [4.69, 9.17) is 0 Å². The van der Waals surface area contributed by atoms with Crippen molar-refractivity contribution in [2.45, 2.75) is 0 Å². The highest BCUT2D eigenvalue weighted by molar-refractivity contribution is 5.71. The van der Waals surface area contributed by atoms with Gasteiger partial charge in [0.05, 0.1) is 27.3 Å². The summed E-state index contributed by atoms with van der Waals surface area (Å²) < 4.78 is 0.649. The lowest BCUT2D eigenvalue weighted by molar-refractivity contribution is -0.00000320. The van der Waals surface area contributed by atoms with Gasteiger partial charge in [-0.25, -0.2) is 9.97 Å². The quantitative estimate of drug-likeness (QED) is 0.536. The Morgan fingerprint density at radius 2 is 2.00 bits per heavy atom. The van der Waals surface area contributed by atoms with Gasteiger partial charge in [-0.2, -0.15) is 4.98 Å². The van der Waals surface area contributed by atoms with Crippen molar-refractivity contribution in [3.05, 3.63) is 12.5 Å². The monoisotopic (exact) mass is 213 g/mol. The molecule has 0 saturated heterocycles. The summed E-state index contributed by atoms with van der Waals surface area (Å²) in [7, 11) is 6.14. The molecule has 0 radical (unpaired) electrons. The summed E-state index contributed by atoms with van der Waals surface area (Å²) in [6.45, 7) is 0. The number of rotatable bonds is 1. The average molecular weight is 214 g/mol. The zero-order valence-electron chi connectivity index (χ0n) is 8.32. The number of nitrogens with one attached hydrogen (secondary N) is 1. The van der Waals surface area contributed by atoms with Crippen molar-refractivity contribution >= 4 is 17.1 Å². The number of aromatic amines is 1. The Labute approximate surface area is 88.2 Å². The van der Waals surface area contributed by atoms with Crippen LogP contribution in [-0.4, -0.2) is 41.1 Å². The van der Waals surface area contributed by atoms with E-state index in [-0.39, 0.29) is 12.4 Å². The van der Waals surface area contributed by atoms with Crippen LogP contribution >= 0.6 is 0 Å². The Kier molecular flexibility index (Phi) is 2.73. The molecule has 0 saturated carbocycles. The summed E-state index contributed by atoms with van der Waals surface area (Å²) in [6.07, 6.45) is 3.23. The van der Waals surface area contributed by atoms with E-state index in [9.17, 15) is 0 Å². The van der Waals surface area contributed by atoms with Crippen LogP contribution in [0.3, 0.4) is 0 Å². The van der Waals surface area contributed by atoms with Crippen molar-refractivity contribution in [1.29, 1.82) is 0 Å².